The van der Waals surface area contributed by atoms with Crippen LogP contribution in [0.15, 0.2) is 47.4 Å². The van der Waals surface area contributed by atoms with E-state index in [9.17, 15) is 21.6 Å². The Morgan fingerprint density at radius 3 is 2.20 bits per heavy atom. The van der Waals surface area contributed by atoms with Crippen LogP contribution >= 0.6 is 0 Å². The molecule has 0 bridgehead atoms. The molecule has 0 spiro atoms. The van der Waals surface area contributed by atoms with Crippen LogP contribution in [-0.4, -0.2) is 8.42 Å². The van der Waals surface area contributed by atoms with Crippen molar-refractivity contribution < 1.29 is 21.6 Å². The third-order valence-corrected chi connectivity index (χ3v) is 4.04. The lowest BCUT2D eigenvalue weighted by molar-refractivity contribution is 0.440. The Morgan fingerprint density at radius 1 is 0.900 bits per heavy atom. The van der Waals surface area contributed by atoms with E-state index in [0.29, 0.717) is 0 Å². The fourth-order valence-corrected chi connectivity index (χ4v) is 2.59. The van der Waals surface area contributed by atoms with Gasteiger partial charge in [0.25, 0.3) is 0 Å². The third-order valence-electron chi connectivity index (χ3n) is 2.62. The number of nitrogens with one attached hydrogen (secondary N) is 1. The van der Waals surface area contributed by atoms with Crippen LogP contribution in [0.1, 0.15) is 5.56 Å². The first-order valence-electron chi connectivity index (χ1n) is 5.59. The summed E-state index contributed by atoms with van der Waals surface area (Å²) in [7, 11) is -3.83. The summed E-state index contributed by atoms with van der Waals surface area (Å²) in [5.74, 6) is -4.35. The standard InChI is InChI=1S/C13H10F3NO2S/c14-11-7-6-9(12(15)13(11)16)8-17-20(18,19)10-4-2-1-3-5-10/h1-7,17H,8H2. The van der Waals surface area contributed by atoms with Crippen LogP contribution < -0.4 is 4.72 Å². The average Bonchev–Trinajstić information content (AvgIpc) is 2.45. The van der Waals surface area contributed by atoms with Crippen molar-refractivity contribution in [3.8, 4) is 0 Å². The largest absolute Gasteiger partial charge is 0.240 e. The fraction of sp³-hybridized carbons (Fsp3) is 0.0769. The molecule has 106 valence electrons. The molecule has 2 aromatic rings. The van der Waals surface area contributed by atoms with Crippen LogP contribution in [0.5, 0.6) is 0 Å². The molecule has 0 aliphatic carbocycles. The van der Waals surface area contributed by atoms with E-state index in [2.05, 4.69) is 4.72 Å². The highest BCUT2D eigenvalue weighted by atomic mass is 32.2. The van der Waals surface area contributed by atoms with Crippen LogP contribution in [0.3, 0.4) is 0 Å². The number of hydrogen-bond donors (Lipinski definition) is 1. The van der Waals surface area contributed by atoms with Gasteiger partial charge in [-0.15, -0.1) is 0 Å². The Hall–Kier alpha value is -1.86. The fourth-order valence-electron chi connectivity index (χ4n) is 1.56. The number of hydrogen-bond acceptors (Lipinski definition) is 2. The normalized spacial score (nSPS) is 11.6. The molecule has 0 unspecified atom stereocenters. The SMILES string of the molecule is O=S(=O)(NCc1ccc(F)c(F)c1F)c1ccccc1. The van der Waals surface area contributed by atoms with Gasteiger partial charge in [0.1, 0.15) is 0 Å². The van der Waals surface area contributed by atoms with Crippen LogP contribution in [-0.2, 0) is 16.6 Å². The molecular weight excluding hydrogens is 291 g/mol. The van der Waals surface area contributed by atoms with Gasteiger partial charge in [0.15, 0.2) is 17.5 Å². The van der Waals surface area contributed by atoms with E-state index >= 15 is 0 Å². The highest BCUT2D eigenvalue weighted by molar-refractivity contribution is 7.89. The zero-order valence-electron chi connectivity index (χ0n) is 10.1. The Bertz CT molecular complexity index is 718. The summed E-state index contributed by atoms with van der Waals surface area (Å²) in [6, 6.07) is 9.17. The van der Waals surface area contributed by atoms with E-state index in [1.807, 2.05) is 0 Å². The van der Waals surface area contributed by atoms with Crippen LogP contribution in [0.25, 0.3) is 0 Å². The van der Waals surface area contributed by atoms with Gasteiger partial charge in [0.05, 0.1) is 4.90 Å². The Labute approximate surface area is 114 Å². The highest BCUT2D eigenvalue weighted by Gasteiger charge is 2.17. The molecule has 1 N–H and O–H groups in total. The lowest BCUT2D eigenvalue weighted by atomic mass is 10.2. The van der Waals surface area contributed by atoms with Gasteiger partial charge in [-0.2, -0.15) is 0 Å². The van der Waals surface area contributed by atoms with E-state index in [4.69, 9.17) is 0 Å². The molecule has 20 heavy (non-hydrogen) atoms. The second-order valence-corrected chi connectivity index (χ2v) is 5.74. The maximum Gasteiger partial charge on any atom is 0.240 e. The predicted octanol–water partition coefficient (Wildman–Crippen LogP) is 2.58. The molecular formula is C13H10F3NO2S. The zero-order valence-corrected chi connectivity index (χ0v) is 10.9. The summed E-state index contributed by atoms with van der Waals surface area (Å²) in [5.41, 5.74) is -0.275. The van der Waals surface area contributed by atoms with Crippen molar-refractivity contribution in [3.63, 3.8) is 0 Å². The van der Waals surface area contributed by atoms with Crippen molar-refractivity contribution in [1.29, 1.82) is 0 Å². The highest BCUT2D eigenvalue weighted by Crippen LogP contribution is 2.16. The smallest absolute Gasteiger partial charge is 0.207 e. The molecule has 0 fully saturated rings. The van der Waals surface area contributed by atoms with Crippen LogP contribution in [0.2, 0.25) is 0 Å². The molecule has 0 heterocycles. The minimum absolute atomic E-state index is 0.00277. The van der Waals surface area contributed by atoms with Crippen molar-refractivity contribution in [3.05, 3.63) is 65.5 Å². The van der Waals surface area contributed by atoms with Crippen LogP contribution in [0, 0.1) is 17.5 Å². The van der Waals surface area contributed by atoms with Crippen molar-refractivity contribution in [2.45, 2.75) is 11.4 Å². The molecule has 0 aliphatic rings. The van der Waals surface area contributed by atoms with E-state index in [0.717, 1.165) is 12.1 Å². The predicted molar refractivity (Wildman–Crippen MR) is 66.8 cm³/mol. The summed E-state index contributed by atoms with van der Waals surface area (Å²) < 4.78 is 65.0. The molecule has 2 rings (SSSR count). The summed E-state index contributed by atoms with van der Waals surface area (Å²) in [5, 5.41) is 0. The van der Waals surface area contributed by atoms with Crippen molar-refractivity contribution in [2.75, 3.05) is 0 Å². The van der Waals surface area contributed by atoms with Gasteiger partial charge in [-0.05, 0) is 18.2 Å². The van der Waals surface area contributed by atoms with E-state index in [1.54, 1.807) is 6.07 Å². The third kappa shape index (κ3) is 3.00. The molecule has 0 aliphatic heterocycles. The number of sulfonamides is 1. The second kappa shape index (κ2) is 5.64. The molecule has 3 nitrogen and oxygen atoms in total. The zero-order chi connectivity index (χ0) is 14.8. The van der Waals surface area contributed by atoms with Crippen molar-refractivity contribution in [1.82, 2.24) is 4.72 Å². The molecule has 0 saturated carbocycles. The topological polar surface area (TPSA) is 46.2 Å². The molecule has 7 heteroatoms. The molecule has 2 aromatic carbocycles. The number of halogens is 3. The first kappa shape index (κ1) is 14.5. The summed E-state index contributed by atoms with van der Waals surface area (Å²) in [6.07, 6.45) is 0. The van der Waals surface area contributed by atoms with E-state index in [-0.39, 0.29) is 10.5 Å². The van der Waals surface area contributed by atoms with Gasteiger partial charge in [0, 0.05) is 12.1 Å². The molecule has 0 saturated heterocycles. The van der Waals surface area contributed by atoms with Gasteiger partial charge in [-0.3, -0.25) is 0 Å². The Balaban J connectivity index is 2.19. The molecule has 0 aromatic heterocycles. The summed E-state index contributed by atoms with van der Waals surface area (Å²) in [4.78, 5) is 0.00277. The molecule has 0 atom stereocenters. The average molecular weight is 301 g/mol. The van der Waals surface area contributed by atoms with E-state index < -0.39 is 34.0 Å². The van der Waals surface area contributed by atoms with Gasteiger partial charge in [-0.1, -0.05) is 24.3 Å². The summed E-state index contributed by atoms with van der Waals surface area (Å²) in [6.45, 7) is -0.472. The molecule has 0 radical (unpaired) electrons. The monoisotopic (exact) mass is 301 g/mol. The van der Waals surface area contributed by atoms with Crippen molar-refractivity contribution >= 4 is 10.0 Å². The summed E-state index contributed by atoms with van der Waals surface area (Å²) >= 11 is 0. The minimum atomic E-state index is -3.83. The van der Waals surface area contributed by atoms with Gasteiger partial charge in [-0.25, -0.2) is 26.3 Å². The van der Waals surface area contributed by atoms with E-state index in [1.165, 1.54) is 24.3 Å². The minimum Gasteiger partial charge on any atom is -0.207 e. The van der Waals surface area contributed by atoms with Crippen LogP contribution in [0.4, 0.5) is 13.2 Å². The van der Waals surface area contributed by atoms with Crippen molar-refractivity contribution in [2.24, 2.45) is 0 Å². The van der Waals surface area contributed by atoms with Gasteiger partial charge < -0.3 is 0 Å². The second-order valence-electron chi connectivity index (χ2n) is 3.97. The maximum atomic E-state index is 13.4. The first-order chi connectivity index (χ1) is 9.42. The quantitative estimate of drug-likeness (QED) is 0.882. The Kier molecular flexibility index (Phi) is 4.10. The maximum absolute atomic E-state index is 13.4. The first-order valence-corrected chi connectivity index (χ1v) is 7.07. The lowest BCUT2D eigenvalue weighted by Gasteiger charge is -2.08. The Morgan fingerprint density at radius 2 is 1.55 bits per heavy atom. The lowest BCUT2D eigenvalue weighted by Crippen LogP contribution is -2.24. The molecule has 0 amide bonds. The van der Waals surface area contributed by atoms with Gasteiger partial charge in [0.2, 0.25) is 10.0 Å². The number of benzene rings is 2. The van der Waals surface area contributed by atoms with Gasteiger partial charge >= 0.3 is 0 Å². The number of rotatable bonds is 4.